The minimum absolute atomic E-state index is 0.425. The maximum absolute atomic E-state index is 11.2. The SMILES string of the molecule is NC(=O)c1cccnc1Sc1ccc(N)cc1. The van der Waals surface area contributed by atoms with Gasteiger partial charge in [0.05, 0.1) is 5.56 Å². The van der Waals surface area contributed by atoms with Gasteiger partial charge in [-0.25, -0.2) is 4.98 Å². The van der Waals surface area contributed by atoms with Gasteiger partial charge in [-0.3, -0.25) is 4.79 Å². The summed E-state index contributed by atoms with van der Waals surface area (Å²) in [4.78, 5) is 16.3. The topological polar surface area (TPSA) is 82.0 Å². The van der Waals surface area contributed by atoms with Crippen molar-refractivity contribution in [2.24, 2.45) is 5.73 Å². The molecule has 1 aromatic carbocycles. The molecule has 0 aliphatic rings. The molecule has 1 heterocycles. The smallest absolute Gasteiger partial charge is 0.251 e. The molecule has 0 aliphatic heterocycles. The molecule has 0 spiro atoms. The van der Waals surface area contributed by atoms with Gasteiger partial charge in [0.15, 0.2) is 0 Å². The number of nitrogens with two attached hydrogens (primary N) is 2. The number of carbonyl (C=O) groups excluding carboxylic acids is 1. The first-order valence-electron chi connectivity index (χ1n) is 4.95. The standard InChI is InChI=1S/C12H11N3OS/c13-8-3-5-9(6-4-8)17-12-10(11(14)16)2-1-7-15-12/h1-7H,13H2,(H2,14,16). The molecule has 2 rings (SSSR count). The number of anilines is 1. The third kappa shape index (κ3) is 2.76. The van der Waals surface area contributed by atoms with Crippen LogP contribution in [-0.4, -0.2) is 10.9 Å². The Labute approximate surface area is 103 Å². The highest BCUT2D eigenvalue weighted by Gasteiger charge is 2.09. The van der Waals surface area contributed by atoms with E-state index in [1.165, 1.54) is 11.8 Å². The number of primary amides is 1. The Hall–Kier alpha value is -2.01. The van der Waals surface area contributed by atoms with E-state index in [1.807, 2.05) is 12.1 Å². The second kappa shape index (κ2) is 4.88. The minimum Gasteiger partial charge on any atom is -0.399 e. The summed E-state index contributed by atoms with van der Waals surface area (Å²) in [6.07, 6.45) is 1.63. The Morgan fingerprint density at radius 2 is 1.88 bits per heavy atom. The molecule has 0 saturated carbocycles. The summed E-state index contributed by atoms with van der Waals surface area (Å²) >= 11 is 1.38. The molecule has 2 aromatic rings. The fourth-order valence-electron chi connectivity index (χ4n) is 1.31. The molecule has 4 nitrogen and oxygen atoms in total. The predicted molar refractivity (Wildman–Crippen MR) is 67.7 cm³/mol. The van der Waals surface area contributed by atoms with Crippen molar-refractivity contribution in [1.29, 1.82) is 0 Å². The van der Waals surface area contributed by atoms with Crippen LogP contribution in [0.3, 0.4) is 0 Å². The van der Waals surface area contributed by atoms with E-state index in [9.17, 15) is 4.79 Å². The number of aromatic nitrogens is 1. The van der Waals surface area contributed by atoms with Crippen molar-refractivity contribution >= 4 is 23.4 Å². The Balaban J connectivity index is 2.30. The van der Waals surface area contributed by atoms with E-state index in [-0.39, 0.29) is 0 Å². The Kier molecular flexibility index (Phi) is 3.30. The molecule has 0 atom stereocenters. The van der Waals surface area contributed by atoms with Gasteiger partial charge in [-0.05, 0) is 36.4 Å². The van der Waals surface area contributed by atoms with E-state index in [0.717, 1.165) is 4.90 Å². The lowest BCUT2D eigenvalue weighted by molar-refractivity contribution is 0.0997. The van der Waals surface area contributed by atoms with Crippen molar-refractivity contribution in [2.75, 3.05) is 5.73 Å². The molecule has 86 valence electrons. The highest BCUT2D eigenvalue weighted by atomic mass is 32.2. The monoisotopic (exact) mass is 245 g/mol. The lowest BCUT2D eigenvalue weighted by Crippen LogP contribution is -2.12. The fourth-order valence-corrected chi connectivity index (χ4v) is 2.19. The summed E-state index contributed by atoms with van der Waals surface area (Å²) in [5, 5.41) is 0.602. The molecule has 0 radical (unpaired) electrons. The summed E-state index contributed by atoms with van der Waals surface area (Å²) in [5.74, 6) is -0.476. The minimum atomic E-state index is -0.476. The quantitative estimate of drug-likeness (QED) is 0.809. The van der Waals surface area contributed by atoms with Gasteiger partial charge in [0.1, 0.15) is 5.03 Å². The van der Waals surface area contributed by atoms with Crippen LogP contribution in [0.15, 0.2) is 52.5 Å². The average molecular weight is 245 g/mol. The number of benzene rings is 1. The highest BCUT2D eigenvalue weighted by Crippen LogP contribution is 2.28. The van der Waals surface area contributed by atoms with Gasteiger partial charge in [-0.1, -0.05) is 11.8 Å². The van der Waals surface area contributed by atoms with E-state index in [0.29, 0.717) is 16.3 Å². The zero-order valence-electron chi connectivity index (χ0n) is 8.96. The number of hydrogen-bond acceptors (Lipinski definition) is 4. The summed E-state index contributed by atoms with van der Waals surface area (Å²) < 4.78 is 0. The number of amides is 1. The van der Waals surface area contributed by atoms with Gasteiger partial charge >= 0.3 is 0 Å². The van der Waals surface area contributed by atoms with E-state index < -0.39 is 5.91 Å². The van der Waals surface area contributed by atoms with Crippen molar-refractivity contribution < 1.29 is 4.79 Å². The number of carbonyl (C=O) groups is 1. The molecule has 0 fully saturated rings. The number of hydrogen-bond donors (Lipinski definition) is 2. The first kappa shape index (κ1) is 11.5. The first-order chi connectivity index (χ1) is 8.16. The van der Waals surface area contributed by atoms with Crippen molar-refractivity contribution in [1.82, 2.24) is 4.98 Å². The fraction of sp³-hybridized carbons (Fsp3) is 0. The maximum atomic E-state index is 11.2. The van der Waals surface area contributed by atoms with Gasteiger partial charge in [0.25, 0.3) is 5.91 Å². The van der Waals surface area contributed by atoms with Crippen LogP contribution in [0.2, 0.25) is 0 Å². The van der Waals surface area contributed by atoms with Gasteiger partial charge in [-0.15, -0.1) is 0 Å². The Morgan fingerprint density at radius 3 is 2.53 bits per heavy atom. The van der Waals surface area contributed by atoms with Gasteiger partial charge < -0.3 is 11.5 Å². The van der Waals surface area contributed by atoms with Crippen LogP contribution in [-0.2, 0) is 0 Å². The molecule has 0 unspecified atom stereocenters. The van der Waals surface area contributed by atoms with Crippen LogP contribution in [0.1, 0.15) is 10.4 Å². The van der Waals surface area contributed by atoms with Crippen molar-refractivity contribution in [2.45, 2.75) is 9.92 Å². The lowest BCUT2D eigenvalue weighted by Gasteiger charge is -2.04. The van der Waals surface area contributed by atoms with Gasteiger partial charge in [-0.2, -0.15) is 0 Å². The van der Waals surface area contributed by atoms with Gasteiger partial charge in [0, 0.05) is 16.8 Å². The first-order valence-corrected chi connectivity index (χ1v) is 5.76. The van der Waals surface area contributed by atoms with E-state index in [2.05, 4.69) is 4.98 Å². The van der Waals surface area contributed by atoms with Crippen LogP contribution < -0.4 is 11.5 Å². The normalized spacial score (nSPS) is 10.1. The zero-order chi connectivity index (χ0) is 12.3. The molecule has 1 amide bonds. The molecule has 0 bridgehead atoms. The van der Waals surface area contributed by atoms with E-state index in [1.54, 1.807) is 30.5 Å². The van der Waals surface area contributed by atoms with E-state index in [4.69, 9.17) is 11.5 Å². The summed E-state index contributed by atoms with van der Waals surface area (Å²) in [5.41, 5.74) is 12.0. The molecular weight excluding hydrogens is 234 g/mol. The van der Waals surface area contributed by atoms with Crippen LogP contribution in [0.5, 0.6) is 0 Å². The van der Waals surface area contributed by atoms with Crippen LogP contribution in [0, 0.1) is 0 Å². The third-order valence-electron chi connectivity index (χ3n) is 2.13. The lowest BCUT2D eigenvalue weighted by atomic mass is 10.3. The predicted octanol–water partition coefficient (Wildman–Crippen LogP) is 1.91. The maximum Gasteiger partial charge on any atom is 0.251 e. The van der Waals surface area contributed by atoms with Crippen LogP contribution in [0.4, 0.5) is 5.69 Å². The van der Waals surface area contributed by atoms with Crippen molar-refractivity contribution in [3.05, 3.63) is 48.2 Å². The molecule has 1 aromatic heterocycles. The van der Waals surface area contributed by atoms with Crippen LogP contribution >= 0.6 is 11.8 Å². The Morgan fingerprint density at radius 1 is 1.18 bits per heavy atom. The number of pyridine rings is 1. The van der Waals surface area contributed by atoms with Gasteiger partial charge in [0.2, 0.25) is 0 Å². The largest absolute Gasteiger partial charge is 0.399 e. The zero-order valence-corrected chi connectivity index (χ0v) is 9.78. The molecule has 5 heteroatoms. The molecule has 0 saturated heterocycles. The number of nitrogens with zero attached hydrogens (tertiary/aromatic N) is 1. The summed E-state index contributed by atoms with van der Waals surface area (Å²) in [7, 11) is 0. The summed E-state index contributed by atoms with van der Waals surface area (Å²) in [6.45, 7) is 0. The van der Waals surface area contributed by atoms with Crippen LogP contribution in [0.25, 0.3) is 0 Å². The summed E-state index contributed by atoms with van der Waals surface area (Å²) in [6, 6.07) is 10.7. The van der Waals surface area contributed by atoms with Crippen molar-refractivity contribution in [3.63, 3.8) is 0 Å². The molecule has 0 aliphatic carbocycles. The molecule has 4 N–H and O–H groups in total. The van der Waals surface area contributed by atoms with Crippen molar-refractivity contribution in [3.8, 4) is 0 Å². The van der Waals surface area contributed by atoms with E-state index >= 15 is 0 Å². The highest BCUT2D eigenvalue weighted by molar-refractivity contribution is 7.99. The molecule has 17 heavy (non-hydrogen) atoms. The second-order valence-electron chi connectivity index (χ2n) is 3.39. The average Bonchev–Trinajstić information content (AvgIpc) is 2.32. The number of nitrogen functional groups attached to an aromatic ring is 1. The Bertz CT molecular complexity index is 540. The third-order valence-corrected chi connectivity index (χ3v) is 3.16. The second-order valence-corrected chi connectivity index (χ2v) is 4.45. The number of rotatable bonds is 3. The molecular formula is C12H11N3OS.